The predicted molar refractivity (Wildman–Crippen MR) is 113 cm³/mol. The van der Waals surface area contributed by atoms with Crippen LogP contribution < -0.4 is 15.4 Å². The maximum atomic E-state index is 12.8. The first-order chi connectivity index (χ1) is 13.9. The van der Waals surface area contributed by atoms with Crippen molar-refractivity contribution in [2.24, 2.45) is 0 Å². The third-order valence-electron chi connectivity index (χ3n) is 5.43. The topological polar surface area (TPSA) is 76.7 Å². The normalized spacial score (nSPS) is 15.4. The summed E-state index contributed by atoms with van der Waals surface area (Å²) in [4.78, 5) is 23.9. The molecule has 154 valence electrons. The van der Waals surface area contributed by atoms with E-state index < -0.39 is 0 Å². The fourth-order valence-electron chi connectivity index (χ4n) is 3.80. The number of carbonyl (C=O) groups is 2. The van der Waals surface area contributed by atoms with Crippen molar-refractivity contribution in [2.45, 2.75) is 32.1 Å². The van der Waals surface area contributed by atoms with Crippen molar-refractivity contribution in [3.63, 3.8) is 0 Å². The summed E-state index contributed by atoms with van der Waals surface area (Å²) in [5, 5.41) is 5.80. The average molecular weight is 396 g/mol. The van der Waals surface area contributed by atoms with E-state index in [9.17, 15) is 9.59 Å². The Morgan fingerprint density at radius 1 is 1.10 bits per heavy atom. The van der Waals surface area contributed by atoms with Gasteiger partial charge in [0.15, 0.2) is 0 Å². The molecule has 2 aromatic carbocycles. The highest BCUT2D eigenvalue weighted by Crippen LogP contribution is 2.40. The summed E-state index contributed by atoms with van der Waals surface area (Å²) in [6, 6.07) is 13.1. The van der Waals surface area contributed by atoms with Crippen LogP contribution in [0.4, 0.5) is 5.69 Å². The van der Waals surface area contributed by atoms with Crippen molar-refractivity contribution in [1.29, 1.82) is 0 Å². The molecule has 2 N–H and O–H groups in total. The highest BCUT2D eigenvalue weighted by molar-refractivity contribution is 5.95. The molecule has 3 rings (SSSR count). The van der Waals surface area contributed by atoms with E-state index in [1.54, 1.807) is 31.4 Å². The molecule has 2 amide bonds. The second-order valence-electron chi connectivity index (χ2n) is 7.54. The van der Waals surface area contributed by atoms with Crippen molar-refractivity contribution in [2.75, 3.05) is 32.2 Å². The molecule has 1 heterocycles. The smallest absolute Gasteiger partial charge is 0.251 e. The molecular formula is C23H28N2O4. The first kappa shape index (κ1) is 20.9. The lowest BCUT2D eigenvalue weighted by Crippen LogP contribution is -2.44. The Balaban J connectivity index is 1.78. The number of hydrogen-bond acceptors (Lipinski definition) is 4. The highest BCUT2D eigenvalue weighted by atomic mass is 16.5. The summed E-state index contributed by atoms with van der Waals surface area (Å²) >= 11 is 0. The molecule has 29 heavy (non-hydrogen) atoms. The minimum Gasteiger partial charge on any atom is -0.496 e. The molecule has 2 aromatic rings. The quantitative estimate of drug-likeness (QED) is 0.784. The van der Waals surface area contributed by atoms with E-state index in [2.05, 4.69) is 23.6 Å². The summed E-state index contributed by atoms with van der Waals surface area (Å²) in [7, 11) is 1.68. The summed E-state index contributed by atoms with van der Waals surface area (Å²) < 4.78 is 11.2. The molecule has 1 saturated heterocycles. The zero-order chi connectivity index (χ0) is 20.9. The van der Waals surface area contributed by atoms with Gasteiger partial charge < -0.3 is 20.1 Å². The number of hydrogen-bond donors (Lipinski definition) is 2. The number of rotatable bonds is 6. The van der Waals surface area contributed by atoms with Crippen LogP contribution in [-0.4, -0.2) is 38.7 Å². The second-order valence-corrected chi connectivity index (χ2v) is 7.54. The van der Waals surface area contributed by atoms with Gasteiger partial charge in [-0.2, -0.15) is 0 Å². The maximum absolute atomic E-state index is 12.8. The monoisotopic (exact) mass is 396 g/mol. The second kappa shape index (κ2) is 9.09. The van der Waals surface area contributed by atoms with Crippen LogP contribution in [0, 0.1) is 6.92 Å². The minimum atomic E-state index is -0.235. The van der Waals surface area contributed by atoms with E-state index in [0.717, 1.165) is 29.7 Å². The summed E-state index contributed by atoms with van der Waals surface area (Å²) in [5.74, 6) is 0.555. The van der Waals surface area contributed by atoms with Gasteiger partial charge in [-0.25, -0.2) is 0 Å². The van der Waals surface area contributed by atoms with E-state index in [4.69, 9.17) is 9.47 Å². The average Bonchev–Trinajstić information content (AvgIpc) is 2.73. The van der Waals surface area contributed by atoms with E-state index in [1.165, 1.54) is 6.92 Å². The van der Waals surface area contributed by atoms with Crippen LogP contribution in [0.5, 0.6) is 5.75 Å². The van der Waals surface area contributed by atoms with E-state index in [-0.39, 0.29) is 17.2 Å². The lowest BCUT2D eigenvalue weighted by Gasteiger charge is -2.38. The molecule has 0 aliphatic carbocycles. The first-order valence-electron chi connectivity index (χ1n) is 9.82. The Labute approximate surface area is 171 Å². The number of nitrogens with one attached hydrogen (secondary N) is 2. The Bertz CT molecular complexity index is 871. The molecule has 1 aliphatic heterocycles. The summed E-state index contributed by atoms with van der Waals surface area (Å²) in [6.07, 6.45) is 1.63. The number of ether oxygens (including phenoxy) is 2. The molecule has 0 saturated carbocycles. The van der Waals surface area contributed by atoms with Crippen molar-refractivity contribution in [3.05, 3.63) is 59.2 Å². The van der Waals surface area contributed by atoms with Gasteiger partial charge in [0.1, 0.15) is 5.75 Å². The van der Waals surface area contributed by atoms with Crippen LogP contribution in [-0.2, 0) is 14.9 Å². The number of anilines is 1. The molecule has 0 aromatic heterocycles. The molecular weight excluding hydrogens is 368 g/mol. The Hall–Kier alpha value is -2.86. The fraction of sp³-hybridized carbons (Fsp3) is 0.391. The van der Waals surface area contributed by atoms with Crippen molar-refractivity contribution < 1.29 is 19.1 Å². The van der Waals surface area contributed by atoms with Gasteiger partial charge in [-0.1, -0.05) is 17.7 Å². The van der Waals surface area contributed by atoms with Crippen molar-refractivity contribution in [1.82, 2.24) is 5.32 Å². The third-order valence-corrected chi connectivity index (χ3v) is 5.43. The number of amides is 2. The molecule has 0 atom stereocenters. The Morgan fingerprint density at radius 3 is 2.41 bits per heavy atom. The molecule has 0 bridgehead atoms. The summed E-state index contributed by atoms with van der Waals surface area (Å²) in [6.45, 7) is 5.32. The molecule has 0 spiro atoms. The largest absolute Gasteiger partial charge is 0.496 e. The zero-order valence-corrected chi connectivity index (χ0v) is 17.2. The third kappa shape index (κ3) is 4.95. The van der Waals surface area contributed by atoms with Crippen LogP contribution in [0.15, 0.2) is 42.5 Å². The van der Waals surface area contributed by atoms with Crippen LogP contribution in [0.3, 0.4) is 0 Å². The van der Waals surface area contributed by atoms with Crippen molar-refractivity contribution >= 4 is 17.5 Å². The number of methoxy groups -OCH3 is 1. The van der Waals surface area contributed by atoms with Gasteiger partial charge in [0.2, 0.25) is 5.91 Å². The van der Waals surface area contributed by atoms with Gasteiger partial charge in [0.05, 0.1) is 7.11 Å². The van der Waals surface area contributed by atoms with Crippen LogP contribution in [0.2, 0.25) is 0 Å². The first-order valence-corrected chi connectivity index (χ1v) is 9.82. The number of aryl methyl sites for hydroxylation is 1. The molecule has 6 nitrogen and oxygen atoms in total. The lowest BCUT2D eigenvalue weighted by atomic mass is 9.73. The van der Waals surface area contributed by atoms with Gasteiger partial charge in [-0.15, -0.1) is 0 Å². The van der Waals surface area contributed by atoms with Gasteiger partial charge >= 0.3 is 0 Å². The number of carbonyl (C=O) groups excluding carboxylic acids is 2. The molecule has 6 heteroatoms. The van der Waals surface area contributed by atoms with E-state index in [0.29, 0.717) is 31.0 Å². The van der Waals surface area contributed by atoms with Crippen molar-refractivity contribution in [3.8, 4) is 5.75 Å². The van der Waals surface area contributed by atoms with E-state index in [1.807, 2.05) is 12.1 Å². The van der Waals surface area contributed by atoms with Gasteiger partial charge in [-0.3, -0.25) is 9.59 Å². The SMILES string of the molecule is COc1ccc(C)cc1C1(CNC(=O)c2ccc(NC(C)=O)cc2)CCOCC1. The van der Waals surface area contributed by atoms with Crippen LogP contribution >= 0.6 is 0 Å². The highest BCUT2D eigenvalue weighted by Gasteiger charge is 2.37. The predicted octanol–water partition coefficient (Wildman–Crippen LogP) is 3.44. The van der Waals surface area contributed by atoms with E-state index >= 15 is 0 Å². The Kier molecular flexibility index (Phi) is 6.54. The maximum Gasteiger partial charge on any atom is 0.251 e. The molecule has 0 unspecified atom stereocenters. The van der Waals surface area contributed by atoms with Crippen LogP contribution in [0.25, 0.3) is 0 Å². The Morgan fingerprint density at radius 2 is 1.79 bits per heavy atom. The number of benzene rings is 2. The standard InChI is InChI=1S/C23H28N2O4/c1-16-4-9-21(28-3)20(14-16)23(10-12-29-13-11-23)15-24-22(27)18-5-7-19(8-6-18)25-17(2)26/h4-9,14H,10-13,15H2,1-3H3,(H,24,27)(H,25,26). The zero-order valence-electron chi connectivity index (χ0n) is 17.2. The van der Waals surface area contributed by atoms with Crippen LogP contribution in [0.1, 0.15) is 41.3 Å². The minimum absolute atomic E-state index is 0.142. The van der Waals surface area contributed by atoms with Gasteiger partial charge in [0.25, 0.3) is 5.91 Å². The summed E-state index contributed by atoms with van der Waals surface area (Å²) in [5.41, 5.74) is 3.26. The van der Waals surface area contributed by atoms with Gasteiger partial charge in [0, 0.05) is 48.9 Å². The van der Waals surface area contributed by atoms with Gasteiger partial charge in [-0.05, 0) is 50.1 Å². The fourth-order valence-corrected chi connectivity index (χ4v) is 3.80. The lowest BCUT2D eigenvalue weighted by molar-refractivity contribution is -0.114. The molecule has 1 fully saturated rings. The molecule has 1 aliphatic rings. The molecule has 0 radical (unpaired) electrons.